The first-order chi connectivity index (χ1) is 10.4. The molecule has 3 rings (SSSR count). The summed E-state index contributed by atoms with van der Waals surface area (Å²) in [4.78, 5) is 24.4. The second-order valence-electron chi connectivity index (χ2n) is 5.11. The van der Waals surface area contributed by atoms with Crippen molar-refractivity contribution in [2.75, 3.05) is 5.32 Å². The molecule has 2 N–H and O–H groups in total. The number of halogens is 2. The first-order valence-electron chi connectivity index (χ1n) is 6.53. The van der Waals surface area contributed by atoms with E-state index in [9.17, 15) is 14.7 Å². The number of hydrogen-bond acceptors (Lipinski definition) is 3. The van der Waals surface area contributed by atoms with Gasteiger partial charge in [-0.3, -0.25) is 9.59 Å². The Morgan fingerprint density at radius 2 is 1.73 bits per heavy atom. The van der Waals surface area contributed by atoms with E-state index in [0.717, 1.165) is 0 Å². The number of carbonyl (C=O) groups is 2. The predicted molar refractivity (Wildman–Crippen MR) is 84.4 cm³/mol. The van der Waals surface area contributed by atoms with Crippen LogP contribution in [0.15, 0.2) is 42.5 Å². The van der Waals surface area contributed by atoms with Crippen LogP contribution in [0.4, 0.5) is 5.69 Å². The maximum absolute atomic E-state index is 12.3. The van der Waals surface area contributed by atoms with Gasteiger partial charge >= 0.3 is 0 Å². The Morgan fingerprint density at radius 3 is 2.41 bits per heavy atom. The van der Waals surface area contributed by atoms with Gasteiger partial charge in [-0.15, -0.1) is 0 Å². The van der Waals surface area contributed by atoms with Gasteiger partial charge in [-0.2, -0.15) is 0 Å². The van der Waals surface area contributed by atoms with E-state index in [0.29, 0.717) is 26.9 Å². The van der Waals surface area contributed by atoms with Crippen LogP contribution >= 0.6 is 23.2 Å². The fourth-order valence-corrected chi connectivity index (χ4v) is 2.76. The van der Waals surface area contributed by atoms with Crippen molar-refractivity contribution >= 4 is 40.6 Å². The van der Waals surface area contributed by atoms with Crippen molar-refractivity contribution in [1.29, 1.82) is 0 Å². The van der Waals surface area contributed by atoms with Gasteiger partial charge in [-0.25, -0.2) is 0 Å². The molecule has 1 atom stereocenters. The molecule has 0 aromatic heterocycles. The normalized spacial score (nSPS) is 19.7. The van der Waals surface area contributed by atoms with Crippen molar-refractivity contribution in [2.45, 2.75) is 12.0 Å². The lowest BCUT2D eigenvalue weighted by molar-refractivity contribution is -0.133. The van der Waals surface area contributed by atoms with Crippen molar-refractivity contribution in [2.24, 2.45) is 0 Å². The number of carbonyl (C=O) groups excluding carboxylic acids is 2. The van der Waals surface area contributed by atoms with Crippen LogP contribution < -0.4 is 5.32 Å². The van der Waals surface area contributed by atoms with Crippen LogP contribution in [-0.4, -0.2) is 16.8 Å². The van der Waals surface area contributed by atoms with E-state index in [2.05, 4.69) is 5.32 Å². The van der Waals surface area contributed by atoms with Crippen molar-refractivity contribution in [1.82, 2.24) is 0 Å². The quantitative estimate of drug-likeness (QED) is 0.844. The van der Waals surface area contributed by atoms with E-state index in [1.54, 1.807) is 36.4 Å². The lowest BCUT2D eigenvalue weighted by Gasteiger charge is -2.20. The molecule has 0 fully saturated rings. The van der Waals surface area contributed by atoms with Gasteiger partial charge in [0.1, 0.15) is 0 Å². The van der Waals surface area contributed by atoms with Gasteiger partial charge in [-0.05, 0) is 42.5 Å². The Hall–Kier alpha value is -1.88. The molecule has 2 aromatic rings. The second-order valence-corrected chi connectivity index (χ2v) is 5.98. The standard InChI is InChI=1S/C16H11Cl2NO3/c17-10-3-1-9(2-4-10)14(20)8-16(22)12-7-11(18)5-6-13(12)19-15(16)21/h1-7,22H,8H2,(H,19,21)/t16-/m1/s1. The molecule has 0 spiro atoms. The fraction of sp³-hybridized carbons (Fsp3) is 0.125. The van der Waals surface area contributed by atoms with Gasteiger partial charge in [0, 0.05) is 26.9 Å². The number of hydrogen-bond donors (Lipinski definition) is 2. The minimum absolute atomic E-state index is 0.312. The Morgan fingerprint density at radius 1 is 1.09 bits per heavy atom. The Bertz CT molecular complexity index is 773. The van der Waals surface area contributed by atoms with Crippen molar-refractivity contribution in [3.63, 3.8) is 0 Å². The zero-order valence-electron chi connectivity index (χ0n) is 11.3. The van der Waals surface area contributed by atoms with Crippen LogP contribution in [0.1, 0.15) is 22.3 Å². The summed E-state index contributed by atoms with van der Waals surface area (Å²) in [6, 6.07) is 11.0. The number of anilines is 1. The van der Waals surface area contributed by atoms with Crippen molar-refractivity contribution < 1.29 is 14.7 Å². The number of ketones is 1. The number of rotatable bonds is 3. The summed E-state index contributed by atoms with van der Waals surface area (Å²) in [5.74, 6) is -0.991. The molecule has 22 heavy (non-hydrogen) atoms. The molecule has 1 heterocycles. The first kappa shape index (κ1) is 15.0. The second kappa shape index (κ2) is 5.39. The molecule has 1 aliphatic rings. The molecule has 1 amide bonds. The number of Topliss-reactive ketones (excluding diaryl/α,β-unsaturated/α-hetero) is 1. The molecular weight excluding hydrogens is 325 g/mol. The van der Waals surface area contributed by atoms with Crippen LogP contribution in [0.25, 0.3) is 0 Å². The zero-order valence-corrected chi connectivity index (χ0v) is 12.8. The average Bonchev–Trinajstić information content (AvgIpc) is 2.71. The Kier molecular flexibility index (Phi) is 3.68. The fourth-order valence-electron chi connectivity index (χ4n) is 2.46. The first-order valence-corrected chi connectivity index (χ1v) is 7.28. The summed E-state index contributed by atoms with van der Waals surface area (Å²) in [5.41, 5.74) is -0.772. The van der Waals surface area contributed by atoms with Crippen LogP contribution in [0, 0.1) is 0 Å². The maximum Gasteiger partial charge on any atom is 0.261 e. The largest absolute Gasteiger partial charge is 0.375 e. The monoisotopic (exact) mass is 335 g/mol. The van der Waals surface area contributed by atoms with Crippen molar-refractivity contribution in [3.05, 3.63) is 63.6 Å². The average molecular weight is 336 g/mol. The maximum atomic E-state index is 12.3. The van der Waals surface area contributed by atoms with Gasteiger partial charge < -0.3 is 10.4 Å². The van der Waals surface area contributed by atoms with E-state index in [-0.39, 0.29) is 12.2 Å². The lowest BCUT2D eigenvalue weighted by atomic mass is 9.88. The minimum atomic E-state index is -1.92. The predicted octanol–water partition coefficient (Wildman–Crippen LogP) is 3.41. The third-order valence-corrected chi connectivity index (χ3v) is 4.12. The highest BCUT2D eigenvalue weighted by Gasteiger charge is 2.46. The van der Waals surface area contributed by atoms with E-state index in [1.807, 2.05) is 0 Å². The topological polar surface area (TPSA) is 66.4 Å². The van der Waals surface area contributed by atoms with Gasteiger partial charge in [0.15, 0.2) is 11.4 Å². The smallest absolute Gasteiger partial charge is 0.261 e. The molecule has 4 nitrogen and oxygen atoms in total. The molecule has 6 heteroatoms. The molecular formula is C16H11Cl2NO3. The summed E-state index contributed by atoms with van der Waals surface area (Å²) in [5, 5.41) is 14.2. The third kappa shape index (κ3) is 2.50. The highest BCUT2D eigenvalue weighted by Crippen LogP contribution is 2.40. The zero-order chi connectivity index (χ0) is 15.9. The SMILES string of the molecule is O=C(C[C@]1(O)C(=O)Nc2ccc(Cl)cc21)c1ccc(Cl)cc1. The van der Waals surface area contributed by atoms with Gasteiger partial charge in [0.25, 0.3) is 5.91 Å². The summed E-state index contributed by atoms with van der Waals surface area (Å²) >= 11 is 11.7. The molecule has 0 saturated carbocycles. The van der Waals surface area contributed by atoms with E-state index >= 15 is 0 Å². The van der Waals surface area contributed by atoms with E-state index < -0.39 is 11.5 Å². The molecule has 1 aliphatic heterocycles. The van der Waals surface area contributed by atoms with Crippen LogP contribution in [0.5, 0.6) is 0 Å². The lowest BCUT2D eigenvalue weighted by Crippen LogP contribution is -2.36. The van der Waals surface area contributed by atoms with Crippen LogP contribution in [0.3, 0.4) is 0 Å². The molecule has 0 aliphatic carbocycles. The third-order valence-electron chi connectivity index (χ3n) is 3.63. The highest BCUT2D eigenvalue weighted by molar-refractivity contribution is 6.31. The molecule has 0 radical (unpaired) electrons. The van der Waals surface area contributed by atoms with Gasteiger partial charge in [-0.1, -0.05) is 23.2 Å². The molecule has 0 unspecified atom stereocenters. The van der Waals surface area contributed by atoms with E-state index in [1.165, 1.54) is 6.07 Å². The summed E-state index contributed by atoms with van der Waals surface area (Å²) in [6.45, 7) is 0. The van der Waals surface area contributed by atoms with Crippen LogP contribution in [0.2, 0.25) is 10.0 Å². The Labute approximate surface area is 136 Å². The highest BCUT2D eigenvalue weighted by atomic mass is 35.5. The number of benzene rings is 2. The number of nitrogens with one attached hydrogen (secondary N) is 1. The molecule has 112 valence electrons. The Balaban J connectivity index is 1.94. The number of aliphatic hydroxyl groups is 1. The van der Waals surface area contributed by atoms with Gasteiger partial charge in [0.2, 0.25) is 0 Å². The van der Waals surface area contributed by atoms with Crippen molar-refractivity contribution in [3.8, 4) is 0 Å². The summed E-state index contributed by atoms with van der Waals surface area (Å²) in [6.07, 6.45) is -0.367. The number of amides is 1. The number of fused-ring (bicyclic) bond motifs is 1. The molecule has 2 aromatic carbocycles. The van der Waals surface area contributed by atoms with E-state index in [4.69, 9.17) is 23.2 Å². The van der Waals surface area contributed by atoms with Crippen LogP contribution in [-0.2, 0) is 10.4 Å². The molecule has 0 bridgehead atoms. The summed E-state index contributed by atoms with van der Waals surface area (Å²) < 4.78 is 0. The van der Waals surface area contributed by atoms with Gasteiger partial charge in [0.05, 0.1) is 6.42 Å². The minimum Gasteiger partial charge on any atom is -0.375 e. The molecule has 0 saturated heterocycles. The summed E-state index contributed by atoms with van der Waals surface area (Å²) in [7, 11) is 0.